The normalized spacial score (nSPS) is 11.0. The maximum atomic E-state index is 12.3. The minimum absolute atomic E-state index is 0.0318. The minimum Gasteiger partial charge on any atom is -0.319 e. The molecule has 124 valence electrons. The van der Waals surface area contributed by atoms with Crippen LogP contribution >= 0.6 is 11.6 Å². The number of aromatic nitrogens is 6. The molecule has 0 radical (unpaired) electrons. The fourth-order valence-electron chi connectivity index (χ4n) is 2.43. The molecular formula is C16H12ClN7O. The Balaban J connectivity index is 1.59. The van der Waals surface area contributed by atoms with Crippen molar-refractivity contribution in [2.24, 2.45) is 0 Å². The van der Waals surface area contributed by atoms with Crippen molar-refractivity contribution in [1.82, 2.24) is 29.1 Å². The van der Waals surface area contributed by atoms with Crippen LogP contribution in [-0.4, -0.2) is 35.0 Å². The van der Waals surface area contributed by atoms with Crippen LogP contribution in [0.1, 0.15) is 16.4 Å². The van der Waals surface area contributed by atoms with Gasteiger partial charge < -0.3 is 9.88 Å². The van der Waals surface area contributed by atoms with Crippen LogP contribution in [0.5, 0.6) is 0 Å². The smallest absolute Gasteiger partial charge is 0.295 e. The van der Waals surface area contributed by atoms with E-state index in [4.69, 9.17) is 11.6 Å². The number of aryl methyl sites for hydroxylation is 1. The Morgan fingerprint density at radius 1 is 1.20 bits per heavy atom. The number of anilines is 1. The van der Waals surface area contributed by atoms with Gasteiger partial charge in [0.25, 0.3) is 11.7 Å². The zero-order chi connectivity index (χ0) is 17.4. The summed E-state index contributed by atoms with van der Waals surface area (Å²) < 4.78 is 3.30. The highest BCUT2D eigenvalue weighted by Gasteiger charge is 2.14. The molecule has 0 saturated heterocycles. The number of hydrogen-bond acceptors (Lipinski definition) is 5. The molecule has 0 aliphatic heterocycles. The highest BCUT2D eigenvalue weighted by Crippen LogP contribution is 2.25. The summed E-state index contributed by atoms with van der Waals surface area (Å²) in [6, 6.07) is 6.94. The predicted octanol–water partition coefficient (Wildman–Crippen LogP) is 2.52. The van der Waals surface area contributed by atoms with Crippen molar-refractivity contribution in [2.45, 2.75) is 6.92 Å². The van der Waals surface area contributed by atoms with E-state index in [1.807, 2.05) is 23.8 Å². The molecule has 9 heteroatoms. The van der Waals surface area contributed by atoms with Gasteiger partial charge in [0.1, 0.15) is 5.82 Å². The maximum Gasteiger partial charge on any atom is 0.295 e. The first-order valence-electron chi connectivity index (χ1n) is 7.40. The first-order chi connectivity index (χ1) is 12.1. The molecule has 1 aromatic carbocycles. The summed E-state index contributed by atoms with van der Waals surface area (Å²) in [4.78, 5) is 24.6. The molecule has 0 spiro atoms. The van der Waals surface area contributed by atoms with Gasteiger partial charge in [-0.05, 0) is 31.2 Å². The van der Waals surface area contributed by atoms with E-state index in [1.54, 1.807) is 36.8 Å². The number of benzene rings is 1. The predicted molar refractivity (Wildman–Crippen MR) is 92.0 cm³/mol. The number of carbonyl (C=O) groups is 1. The highest BCUT2D eigenvalue weighted by atomic mass is 35.5. The molecule has 1 N–H and O–H groups in total. The van der Waals surface area contributed by atoms with Gasteiger partial charge in [-0.25, -0.2) is 14.5 Å². The van der Waals surface area contributed by atoms with Crippen molar-refractivity contribution in [1.29, 1.82) is 0 Å². The molecule has 0 aliphatic carbocycles. The Hall–Kier alpha value is -3.26. The van der Waals surface area contributed by atoms with Gasteiger partial charge in [0.05, 0.1) is 10.7 Å². The second-order valence-corrected chi connectivity index (χ2v) is 5.67. The van der Waals surface area contributed by atoms with Crippen molar-refractivity contribution in [3.05, 3.63) is 65.7 Å². The molecule has 0 aliphatic rings. The van der Waals surface area contributed by atoms with Gasteiger partial charge in [0.2, 0.25) is 5.82 Å². The van der Waals surface area contributed by atoms with E-state index in [2.05, 4.69) is 25.4 Å². The lowest BCUT2D eigenvalue weighted by molar-refractivity contribution is 0.101. The zero-order valence-electron chi connectivity index (χ0n) is 13.1. The molecule has 4 aromatic rings. The zero-order valence-corrected chi connectivity index (χ0v) is 13.8. The second kappa shape index (κ2) is 5.99. The standard InChI is InChI=1S/C16H12ClN7O/c1-10-18-6-8-23(10)13-4-3-11(9-12(13)17)20-15(25)14-21-16-19-5-2-7-24(16)22-14/h2-9H,1H3,(H,20,25). The van der Waals surface area contributed by atoms with Crippen molar-refractivity contribution in [3.63, 3.8) is 0 Å². The van der Waals surface area contributed by atoms with Gasteiger partial charge in [0, 0.05) is 30.5 Å². The average molecular weight is 354 g/mol. The van der Waals surface area contributed by atoms with Crippen LogP contribution in [-0.2, 0) is 0 Å². The number of nitrogens with zero attached hydrogens (tertiary/aromatic N) is 6. The van der Waals surface area contributed by atoms with Crippen LogP contribution in [0.25, 0.3) is 11.5 Å². The van der Waals surface area contributed by atoms with Crippen molar-refractivity contribution in [2.75, 3.05) is 5.32 Å². The second-order valence-electron chi connectivity index (χ2n) is 5.26. The van der Waals surface area contributed by atoms with E-state index in [0.717, 1.165) is 11.5 Å². The molecule has 0 saturated carbocycles. The van der Waals surface area contributed by atoms with Crippen LogP contribution < -0.4 is 5.32 Å². The molecule has 0 unspecified atom stereocenters. The van der Waals surface area contributed by atoms with Crippen molar-refractivity contribution < 1.29 is 4.79 Å². The lowest BCUT2D eigenvalue weighted by Gasteiger charge is -2.10. The average Bonchev–Trinajstić information content (AvgIpc) is 3.21. The van der Waals surface area contributed by atoms with Crippen LogP contribution in [0.2, 0.25) is 5.02 Å². The van der Waals surface area contributed by atoms with Crippen LogP contribution in [0, 0.1) is 6.92 Å². The van der Waals surface area contributed by atoms with E-state index in [-0.39, 0.29) is 5.82 Å². The fraction of sp³-hybridized carbons (Fsp3) is 0.0625. The third-order valence-electron chi connectivity index (χ3n) is 3.61. The summed E-state index contributed by atoms with van der Waals surface area (Å²) in [5.74, 6) is 0.772. The van der Waals surface area contributed by atoms with Crippen LogP contribution in [0.3, 0.4) is 0 Å². The fourth-order valence-corrected chi connectivity index (χ4v) is 2.70. The molecule has 0 bridgehead atoms. The number of halogens is 1. The number of rotatable bonds is 3. The van der Waals surface area contributed by atoms with Gasteiger partial charge in [-0.3, -0.25) is 4.79 Å². The van der Waals surface area contributed by atoms with E-state index >= 15 is 0 Å². The number of imidazole rings is 1. The Labute approximate surface area is 147 Å². The van der Waals surface area contributed by atoms with Gasteiger partial charge >= 0.3 is 0 Å². The molecule has 3 heterocycles. The van der Waals surface area contributed by atoms with Gasteiger partial charge in [-0.1, -0.05) is 11.6 Å². The maximum absolute atomic E-state index is 12.3. The van der Waals surface area contributed by atoms with Crippen LogP contribution in [0.15, 0.2) is 49.1 Å². The van der Waals surface area contributed by atoms with Gasteiger partial charge in [-0.15, -0.1) is 5.10 Å². The molecule has 25 heavy (non-hydrogen) atoms. The van der Waals surface area contributed by atoms with Gasteiger partial charge in [-0.2, -0.15) is 4.98 Å². The molecule has 0 fully saturated rings. The molecule has 4 rings (SSSR count). The van der Waals surface area contributed by atoms with E-state index < -0.39 is 5.91 Å². The number of hydrogen-bond donors (Lipinski definition) is 1. The molecular weight excluding hydrogens is 342 g/mol. The summed E-state index contributed by atoms with van der Waals surface area (Å²) in [6.45, 7) is 1.88. The molecule has 1 amide bonds. The number of amides is 1. The highest BCUT2D eigenvalue weighted by molar-refractivity contribution is 6.32. The summed E-state index contributed by atoms with van der Waals surface area (Å²) >= 11 is 6.34. The Bertz CT molecular complexity index is 1050. The number of carbonyl (C=O) groups excluding carboxylic acids is 1. The van der Waals surface area contributed by atoms with Gasteiger partial charge in [0.15, 0.2) is 0 Å². The van der Waals surface area contributed by atoms with E-state index in [0.29, 0.717) is 16.5 Å². The van der Waals surface area contributed by atoms with Crippen molar-refractivity contribution >= 4 is 29.0 Å². The topological polar surface area (TPSA) is 90.0 Å². The number of nitrogens with one attached hydrogen (secondary N) is 1. The summed E-state index contributed by atoms with van der Waals surface area (Å²) in [5, 5.41) is 7.31. The summed E-state index contributed by atoms with van der Waals surface area (Å²) in [5.41, 5.74) is 1.33. The molecule has 3 aromatic heterocycles. The molecule has 8 nitrogen and oxygen atoms in total. The first-order valence-corrected chi connectivity index (χ1v) is 7.78. The lowest BCUT2D eigenvalue weighted by atomic mass is 10.2. The minimum atomic E-state index is -0.437. The summed E-state index contributed by atoms with van der Waals surface area (Å²) in [7, 11) is 0. The third-order valence-corrected chi connectivity index (χ3v) is 3.91. The largest absolute Gasteiger partial charge is 0.319 e. The quantitative estimate of drug-likeness (QED) is 0.611. The number of fused-ring (bicyclic) bond motifs is 1. The monoisotopic (exact) mass is 353 g/mol. The lowest BCUT2D eigenvalue weighted by Crippen LogP contribution is -2.14. The van der Waals surface area contributed by atoms with Crippen molar-refractivity contribution in [3.8, 4) is 5.69 Å². The Morgan fingerprint density at radius 2 is 2.08 bits per heavy atom. The van der Waals surface area contributed by atoms with Crippen LogP contribution in [0.4, 0.5) is 5.69 Å². The Morgan fingerprint density at radius 3 is 2.80 bits per heavy atom. The van der Waals surface area contributed by atoms with E-state index in [1.165, 1.54) is 4.52 Å². The molecule has 0 atom stereocenters. The van der Waals surface area contributed by atoms with E-state index in [9.17, 15) is 4.79 Å². The summed E-state index contributed by atoms with van der Waals surface area (Å²) in [6.07, 6.45) is 6.78. The third kappa shape index (κ3) is 2.83. The Kier molecular flexibility index (Phi) is 3.66. The SMILES string of the molecule is Cc1nccn1-c1ccc(NC(=O)c2nc3ncccn3n2)cc1Cl. The first kappa shape index (κ1) is 15.3.